The van der Waals surface area contributed by atoms with Crippen LogP contribution in [0.15, 0.2) is 46.7 Å². The van der Waals surface area contributed by atoms with Gasteiger partial charge in [-0.05, 0) is 35.6 Å². The van der Waals surface area contributed by atoms with Crippen LogP contribution in [0.25, 0.3) is 0 Å². The second kappa shape index (κ2) is 10.5. The minimum atomic E-state index is -3.70. The third kappa shape index (κ3) is 6.61. The zero-order chi connectivity index (χ0) is 21.6. The lowest BCUT2D eigenvalue weighted by molar-refractivity contribution is -0.0295. The number of thiophene rings is 1. The molecule has 1 fully saturated rings. The Morgan fingerprint density at radius 3 is 2.87 bits per heavy atom. The van der Waals surface area contributed by atoms with Crippen LogP contribution in [0.4, 0.5) is 0 Å². The number of rotatable bonds is 9. The van der Waals surface area contributed by atoms with Crippen molar-refractivity contribution in [1.82, 2.24) is 14.9 Å². The zero-order valence-electron chi connectivity index (χ0n) is 17.3. The van der Waals surface area contributed by atoms with E-state index in [1.807, 2.05) is 17.5 Å². The van der Waals surface area contributed by atoms with Gasteiger partial charge in [0.1, 0.15) is 0 Å². The number of morpholine rings is 1. The van der Waals surface area contributed by atoms with Gasteiger partial charge in [-0.1, -0.05) is 26.0 Å². The van der Waals surface area contributed by atoms with Gasteiger partial charge in [0.05, 0.1) is 17.6 Å². The lowest BCUT2D eigenvalue weighted by Crippen LogP contribution is -2.48. The summed E-state index contributed by atoms with van der Waals surface area (Å²) in [6, 6.07) is 9.82. The maximum atomic E-state index is 12.6. The molecule has 3 rings (SSSR count). The molecule has 1 amide bonds. The standard InChI is InChI=1S/C21H29N3O4S2/c1-16(2)14-24-8-9-28-18(15-24)12-22-21(25)17-5-3-7-20(11-17)30(26,27)23-13-19-6-4-10-29-19/h3-7,10-11,16,18,23H,8-9,12-15H2,1-2H3,(H,22,25). The first-order valence-electron chi connectivity index (χ1n) is 10.1. The summed E-state index contributed by atoms with van der Waals surface area (Å²) in [6.07, 6.45) is -0.0687. The molecule has 0 aliphatic carbocycles. The molecule has 1 atom stereocenters. The number of ether oxygens (including phenoxy) is 1. The highest BCUT2D eigenvalue weighted by molar-refractivity contribution is 7.89. The summed E-state index contributed by atoms with van der Waals surface area (Å²) in [5, 5.41) is 4.77. The molecular weight excluding hydrogens is 422 g/mol. The number of amides is 1. The number of hydrogen-bond donors (Lipinski definition) is 2. The van der Waals surface area contributed by atoms with Gasteiger partial charge in [0, 0.05) is 43.2 Å². The van der Waals surface area contributed by atoms with Gasteiger partial charge < -0.3 is 10.1 Å². The molecule has 0 saturated carbocycles. The first-order chi connectivity index (χ1) is 14.3. The predicted octanol–water partition coefficient (Wildman–Crippen LogP) is 2.31. The van der Waals surface area contributed by atoms with Crippen molar-refractivity contribution < 1.29 is 17.9 Å². The first-order valence-corrected chi connectivity index (χ1v) is 12.4. The van der Waals surface area contributed by atoms with Crippen LogP contribution in [0.1, 0.15) is 29.1 Å². The molecule has 0 spiro atoms. The minimum absolute atomic E-state index is 0.0687. The topological polar surface area (TPSA) is 87.7 Å². The molecule has 1 aliphatic rings. The second-order valence-electron chi connectivity index (χ2n) is 7.79. The fourth-order valence-corrected chi connectivity index (χ4v) is 5.15. The third-order valence-corrected chi connectivity index (χ3v) is 7.03. The molecule has 9 heteroatoms. The lowest BCUT2D eigenvalue weighted by atomic mass is 10.1. The summed E-state index contributed by atoms with van der Waals surface area (Å²) < 4.78 is 33.5. The smallest absolute Gasteiger partial charge is 0.251 e. The van der Waals surface area contributed by atoms with E-state index in [4.69, 9.17) is 4.74 Å². The Hall–Kier alpha value is -1.78. The van der Waals surface area contributed by atoms with Gasteiger partial charge in [-0.3, -0.25) is 9.69 Å². The Kier molecular flexibility index (Phi) is 8.01. The molecule has 1 aromatic carbocycles. The number of benzene rings is 1. The second-order valence-corrected chi connectivity index (χ2v) is 10.6. The van der Waals surface area contributed by atoms with Crippen LogP contribution >= 0.6 is 11.3 Å². The first kappa shape index (κ1) is 22.9. The molecule has 1 aliphatic heterocycles. The monoisotopic (exact) mass is 451 g/mol. The van der Waals surface area contributed by atoms with Crippen molar-refractivity contribution >= 4 is 27.3 Å². The molecule has 0 bridgehead atoms. The Labute approximate surface area is 182 Å². The highest BCUT2D eigenvalue weighted by atomic mass is 32.2. The highest BCUT2D eigenvalue weighted by Crippen LogP contribution is 2.14. The normalized spacial score (nSPS) is 17.9. The third-order valence-electron chi connectivity index (χ3n) is 4.76. The maximum absolute atomic E-state index is 12.6. The van der Waals surface area contributed by atoms with Crippen LogP contribution in [0.3, 0.4) is 0 Å². The highest BCUT2D eigenvalue weighted by Gasteiger charge is 2.22. The summed E-state index contributed by atoms with van der Waals surface area (Å²) in [7, 11) is -3.70. The maximum Gasteiger partial charge on any atom is 0.251 e. The summed E-state index contributed by atoms with van der Waals surface area (Å²) in [5.74, 6) is 0.270. The quantitative estimate of drug-likeness (QED) is 0.611. The van der Waals surface area contributed by atoms with Crippen molar-refractivity contribution in [2.45, 2.75) is 31.4 Å². The molecule has 30 heavy (non-hydrogen) atoms. The van der Waals surface area contributed by atoms with E-state index in [1.54, 1.807) is 12.1 Å². The van der Waals surface area contributed by atoms with Gasteiger partial charge in [0.25, 0.3) is 5.91 Å². The van der Waals surface area contributed by atoms with E-state index in [0.29, 0.717) is 24.6 Å². The van der Waals surface area contributed by atoms with Crippen molar-refractivity contribution in [3.8, 4) is 0 Å². The molecule has 2 aromatic rings. The molecule has 1 aromatic heterocycles. The van der Waals surface area contributed by atoms with E-state index in [-0.39, 0.29) is 23.5 Å². The Bertz CT molecular complexity index is 929. The number of hydrogen-bond acceptors (Lipinski definition) is 6. The summed E-state index contributed by atoms with van der Waals surface area (Å²) in [6.45, 7) is 8.32. The number of sulfonamides is 1. The molecular formula is C21H29N3O4S2. The van der Waals surface area contributed by atoms with Crippen molar-refractivity contribution in [3.05, 3.63) is 52.2 Å². The molecule has 7 nitrogen and oxygen atoms in total. The SMILES string of the molecule is CC(C)CN1CCOC(CNC(=O)c2cccc(S(=O)(=O)NCc3cccs3)c2)C1. The number of nitrogens with zero attached hydrogens (tertiary/aromatic N) is 1. The average Bonchev–Trinajstić information content (AvgIpc) is 3.24. The summed E-state index contributed by atoms with van der Waals surface area (Å²) >= 11 is 1.48. The lowest BCUT2D eigenvalue weighted by Gasteiger charge is -2.33. The molecule has 2 N–H and O–H groups in total. The van der Waals surface area contributed by atoms with Crippen LogP contribution in [0.2, 0.25) is 0 Å². The summed E-state index contributed by atoms with van der Waals surface area (Å²) in [4.78, 5) is 15.9. The van der Waals surface area contributed by atoms with Crippen molar-refractivity contribution in [2.75, 3.05) is 32.8 Å². The molecule has 164 valence electrons. The number of nitrogens with one attached hydrogen (secondary N) is 2. The van der Waals surface area contributed by atoms with Gasteiger partial charge in [-0.2, -0.15) is 0 Å². The predicted molar refractivity (Wildman–Crippen MR) is 118 cm³/mol. The fraction of sp³-hybridized carbons (Fsp3) is 0.476. The molecule has 1 unspecified atom stereocenters. The number of carbonyl (C=O) groups is 1. The van der Waals surface area contributed by atoms with Crippen LogP contribution < -0.4 is 10.0 Å². The zero-order valence-corrected chi connectivity index (χ0v) is 19.0. The van der Waals surface area contributed by atoms with Gasteiger partial charge in [-0.15, -0.1) is 11.3 Å². The van der Waals surface area contributed by atoms with Crippen LogP contribution in [0.5, 0.6) is 0 Å². The van der Waals surface area contributed by atoms with E-state index >= 15 is 0 Å². The van der Waals surface area contributed by atoms with E-state index in [2.05, 4.69) is 28.8 Å². The number of carbonyl (C=O) groups excluding carboxylic acids is 1. The van der Waals surface area contributed by atoms with E-state index < -0.39 is 10.0 Å². The van der Waals surface area contributed by atoms with Gasteiger partial charge in [0.15, 0.2) is 0 Å². The van der Waals surface area contributed by atoms with Gasteiger partial charge in [-0.25, -0.2) is 13.1 Å². The fourth-order valence-electron chi connectivity index (χ4n) is 3.36. The van der Waals surface area contributed by atoms with E-state index in [1.165, 1.54) is 23.5 Å². The molecule has 0 radical (unpaired) electrons. The van der Waals surface area contributed by atoms with E-state index in [0.717, 1.165) is 24.5 Å². The Morgan fingerprint density at radius 1 is 1.30 bits per heavy atom. The van der Waals surface area contributed by atoms with Crippen LogP contribution in [-0.4, -0.2) is 58.1 Å². The minimum Gasteiger partial charge on any atom is -0.374 e. The van der Waals surface area contributed by atoms with Crippen molar-refractivity contribution in [1.29, 1.82) is 0 Å². The van der Waals surface area contributed by atoms with Crippen molar-refractivity contribution in [2.24, 2.45) is 5.92 Å². The van der Waals surface area contributed by atoms with Gasteiger partial charge in [0.2, 0.25) is 10.0 Å². The average molecular weight is 452 g/mol. The van der Waals surface area contributed by atoms with E-state index in [9.17, 15) is 13.2 Å². The largest absolute Gasteiger partial charge is 0.374 e. The molecule has 1 saturated heterocycles. The summed E-state index contributed by atoms with van der Waals surface area (Å²) in [5.41, 5.74) is 0.309. The van der Waals surface area contributed by atoms with Crippen LogP contribution in [-0.2, 0) is 21.3 Å². The van der Waals surface area contributed by atoms with Crippen molar-refractivity contribution in [3.63, 3.8) is 0 Å². The van der Waals surface area contributed by atoms with Gasteiger partial charge >= 0.3 is 0 Å². The Morgan fingerprint density at radius 2 is 2.13 bits per heavy atom. The molecule has 2 heterocycles. The van der Waals surface area contributed by atoms with Crippen LogP contribution in [0, 0.1) is 5.92 Å². The Balaban J connectivity index is 1.56.